The molecule has 0 aromatic carbocycles. The van der Waals surface area contributed by atoms with Gasteiger partial charge in [0.1, 0.15) is 0 Å². The average molecular weight is 152 g/mol. The fourth-order valence-corrected chi connectivity index (χ4v) is 0.372. The van der Waals surface area contributed by atoms with E-state index >= 15 is 0 Å². The van der Waals surface area contributed by atoms with Crippen molar-refractivity contribution in [2.75, 3.05) is 7.11 Å². The first kappa shape index (κ1) is 9.33. The standard InChI is InChI=1S/C6H10F2O2/c1-4(2)6(7,8)5(9)10-3/h4H,1-3H3. The molecule has 10 heavy (non-hydrogen) atoms. The van der Waals surface area contributed by atoms with Crippen LogP contribution in [-0.2, 0) is 9.53 Å². The van der Waals surface area contributed by atoms with Gasteiger partial charge in [-0.2, -0.15) is 8.78 Å². The van der Waals surface area contributed by atoms with Crippen molar-refractivity contribution in [3.8, 4) is 0 Å². The molecule has 0 bridgehead atoms. The van der Waals surface area contributed by atoms with Crippen molar-refractivity contribution in [3.63, 3.8) is 0 Å². The Morgan fingerprint density at radius 3 is 2.00 bits per heavy atom. The van der Waals surface area contributed by atoms with Crippen LogP contribution < -0.4 is 0 Å². The maximum atomic E-state index is 12.5. The summed E-state index contributed by atoms with van der Waals surface area (Å²) < 4.78 is 28.8. The molecule has 0 atom stereocenters. The van der Waals surface area contributed by atoms with E-state index in [0.717, 1.165) is 7.11 Å². The van der Waals surface area contributed by atoms with E-state index in [9.17, 15) is 13.6 Å². The number of carbonyl (C=O) groups is 1. The van der Waals surface area contributed by atoms with Crippen molar-refractivity contribution in [1.29, 1.82) is 0 Å². The molecule has 0 spiro atoms. The lowest BCUT2D eigenvalue weighted by Gasteiger charge is -2.16. The smallest absolute Gasteiger partial charge is 0.376 e. The SMILES string of the molecule is COC(=O)C(F)(F)C(C)C. The molecule has 0 amide bonds. The van der Waals surface area contributed by atoms with Gasteiger partial charge in [0.05, 0.1) is 7.11 Å². The van der Waals surface area contributed by atoms with Crippen LogP contribution in [0.1, 0.15) is 13.8 Å². The Balaban J connectivity index is 4.24. The molecule has 60 valence electrons. The lowest BCUT2D eigenvalue weighted by molar-refractivity contribution is -0.175. The molecular weight excluding hydrogens is 142 g/mol. The van der Waals surface area contributed by atoms with Crippen LogP contribution in [0.2, 0.25) is 0 Å². The second-order valence-electron chi connectivity index (χ2n) is 2.27. The van der Waals surface area contributed by atoms with Gasteiger partial charge in [-0.25, -0.2) is 4.79 Å². The molecule has 0 radical (unpaired) electrons. The van der Waals surface area contributed by atoms with Gasteiger partial charge in [0.25, 0.3) is 0 Å². The van der Waals surface area contributed by atoms with Crippen LogP contribution in [0.4, 0.5) is 8.78 Å². The lowest BCUT2D eigenvalue weighted by atomic mass is 10.1. The quantitative estimate of drug-likeness (QED) is 0.560. The van der Waals surface area contributed by atoms with Crippen LogP contribution in [0.15, 0.2) is 0 Å². The van der Waals surface area contributed by atoms with E-state index in [1.165, 1.54) is 13.8 Å². The van der Waals surface area contributed by atoms with Crippen molar-refractivity contribution < 1.29 is 18.3 Å². The molecule has 0 aliphatic heterocycles. The fourth-order valence-electron chi connectivity index (χ4n) is 0.372. The van der Waals surface area contributed by atoms with Crippen molar-refractivity contribution in [2.24, 2.45) is 5.92 Å². The minimum absolute atomic E-state index is 0.943. The summed E-state index contributed by atoms with van der Waals surface area (Å²) in [6.07, 6.45) is 0. The Morgan fingerprint density at radius 1 is 1.50 bits per heavy atom. The van der Waals surface area contributed by atoms with Crippen molar-refractivity contribution in [3.05, 3.63) is 0 Å². The van der Waals surface area contributed by atoms with E-state index in [1.807, 2.05) is 0 Å². The number of methoxy groups -OCH3 is 1. The number of hydrogen-bond donors (Lipinski definition) is 0. The Bertz CT molecular complexity index is 132. The molecule has 0 aliphatic rings. The van der Waals surface area contributed by atoms with E-state index in [0.29, 0.717) is 0 Å². The summed E-state index contributed by atoms with van der Waals surface area (Å²) in [6.45, 7) is 2.52. The summed E-state index contributed by atoms with van der Waals surface area (Å²) in [7, 11) is 0.943. The van der Waals surface area contributed by atoms with Gasteiger partial charge in [0.2, 0.25) is 0 Å². The third-order valence-electron chi connectivity index (χ3n) is 1.18. The van der Waals surface area contributed by atoms with Gasteiger partial charge < -0.3 is 4.74 Å². The number of alkyl halides is 2. The summed E-state index contributed by atoms with van der Waals surface area (Å²) in [5.41, 5.74) is 0. The zero-order chi connectivity index (χ0) is 8.36. The maximum absolute atomic E-state index is 12.5. The molecule has 0 rings (SSSR count). The Labute approximate surface area is 58.2 Å². The van der Waals surface area contributed by atoms with E-state index in [2.05, 4.69) is 4.74 Å². The highest BCUT2D eigenvalue weighted by molar-refractivity contribution is 5.77. The number of ether oxygens (including phenoxy) is 1. The molecule has 0 saturated heterocycles. The highest BCUT2D eigenvalue weighted by Crippen LogP contribution is 2.24. The van der Waals surface area contributed by atoms with Crippen LogP contribution in [-0.4, -0.2) is 19.0 Å². The van der Waals surface area contributed by atoms with Crippen LogP contribution in [0.5, 0.6) is 0 Å². The van der Waals surface area contributed by atoms with Gasteiger partial charge >= 0.3 is 11.9 Å². The molecular formula is C6H10F2O2. The number of esters is 1. The topological polar surface area (TPSA) is 26.3 Å². The lowest BCUT2D eigenvalue weighted by Crippen LogP contribution is -2.35. The second-order valence-corrected chi connectivity index (χ2v) is 2.27. The van der Waals surface area contributed by atoms with Gasteiger partial charge in [-0.3, -0.25) is 0 Å². The summed E-state index contributed by atoms with van der Waals surface area (Å²) in [5, 5.41) is 0. The van der Waals surface area contributed by atoms with Crippen LogP contribution in [0, 0.1) is 5.92 Å². The molecule has 0 aromatic heterocycles. The zero-order valence-electron chi connectivity index (χ0n) is 6.15. The highest BCUT2D eigenvalue weighted by Gasteiger charge is 2.43. The average Bonchev–Trinajstić information content (AvgIpc) is 1.86. The van der Waals surface area contributed by atoms with Crippen LogP contribution in [0.25, 0.3) is 0 Å². The maximum Gasteiger partial charge on any atom is 0.376 e. The Hall–Kier alpha value is -0.670. The van der Waals surface area contributed by atoms with Gasteiger partial charge in [-0.05, 0) is 0 Å². The predicted molar refractivity (Wildman–Crippen MR) is 31.8 cm³/mol. The van der Waals surface area contributed by atoms with E-state index in [1.54, 1.807) is 0 Å². The van der Waals surface area contributed by atoms with E-state index in [4.69, 9.17) is 0 Å². The molecule has 0 aliphatic carbocycles. The van der Waals surface area contributed by atoms with E-state index < -0.39 is 17.8 Å². The second kappa shape index (κ2) is 2.94. The monoisotopic (exact) mass is 152 g/mol. The summed E-state index contributed by atoms with van der Waals surface area (Å²) >= 11 is 0. The minimum atomic E-state index is -3.35. The Kier molecular flexibility index (Phi) is 2.75. The number of carbonyl (C=O) groups excluding carboxylic acids is 1. The molecule has 0 unspecified atom stereocenters. The minimum Gasteiger partial charge on any atom is -0.465 e. The van der Waals surface area contributed by atoms with Crippen molar-refractivity contribution in [2.45, 2.75) is 19.8 Å². The number of halogens is 2. The predicted octanol–water partition coefficient (Wildman–Crippen LogP) is 1.45. The fraction of sp³-hybridized carbons (Fsp3) is 0.833. The van der Waals surface area contributed by atoms with Gasteiger partial charge in [-0.1, -0.05) is 13.8 Å². The highest BCUT2D eigenvalue weighted by atomic mass is 19.3. The van der Waals surface area contributed by atoms with Crippen LogP contribution in [0.3, 0.4) is 0 Å². The third-order valence-corrected chi connectivity index (χ3v) is 1.18. The normalized spacial score (nSPS) is 11.8. The largest absolute Gasteiger partial charge is 0.465 e. The molecule has 0 saturated carbocycles. The van der Waals surface area contributed by atoms with Crippen LogP contribution >= 0.6 is 0 Å². The molecule has 0 heterocycles. The summed E-state index contributed by atoms with van der Waals surface area (Å²) in [5.74, 6) is -5.84. The molecule has 0 aromatic rings. The number of rotatable bonds is 2. The first-order valence-corrected chi connectivity index (χ1v) is 2.89. The number of hydrogen-bond acceptors (Lipinski definition) is 2. The first-order chi connectivity index (χ1) is 4.42. The molecule has 2 nitrogen and oxygen atoms in total. The zero-order valence-corrected chi connectivity index (χ0v) is 6.15. The third kappa shape index (κ3) is 1.65. The van der Waals surface area contributed by atoms with Gasteiger partial charge in [-0.15, -0.1) is 0 Å². The molecule has 0 fully saturated rings. The molecule has 0 N–H and O–H groups in total. The summed E-state index contributed by atoms with van der Waals surface area (Å²) in [6, 6.07) is 0. The van der Waals surface area contributed by atoms with Crippen molar-refractivity contribution in [1.82, 2.24) is 0 Å². The van der Waals surface area contributed by atoms with Gasteiger partial charge in [0.15, 0.2) is 0 Å². The van der Waals surface area contributed by atoms with Crippen molar-refractivity contribution >= 4 is 5.97 Å². The van der Waals surface area contributed by atoms with Gasteiger partial charge in [0, 0.05) is 5.92 Å². The first-order valence-electron chi connectivity index (χ1n) is 2.89. The summed E-state index contributed by atoms with van der Waals surface area (Å²) in [4.78, 5) is 10.3. The Morgan fingerprint density at radius 2 is 1.90 bits per heavy atom. The molecule has 4 heteroatoms. The van der Waals surface area contributed by atoms with E-state index in [-0.39, 0.29) is 0 Å².